The lowest BCUT2D eigenvalue weighted by Gasteiger charge is -2.24. The lowest BCUT2D eigenvalue weighted by atomic mass is 9.80. The fraction of sp³-hybridized carbons (Fsp3) is 0.182. The first-order valence-electron chi connectivity index (χ1n) is 16.3. The highest BCUT2D eigenvalue weighted by Gasteiger charge is 2.24. The number of aromatic hydroxyl groups is 2. The maximum atomic E-state index is 11.0. The Morgan fingerprint density at radius 1 is 0.543 bits per heavy atom. The molecule has 2 heteroatoms. The number of allylic oxidation sites excluding steroid dienone is 3. The maximum Gasteiger partial charge on any atom is 0.161 e. The zero-order valence-corrected chi connectivity index (χ0v) is 27.2. The van der Waals surface area contributed by atoms with E-state index in [4.69, 9.17) is 0 Å². The summed E-state index contributed by atoms with van der Waals surface area (Å²) in [6, 6.07) is 32.9. The molecule has 0 unspecified atom stereocenters. The Hall–Kier alpha value is -5.08. The van der Waals surface area contributed by atoms with E-state index in [9.17, 15) is 10.2 Å². The second-order valence-corrected chi connectivity index (χ2v) is 12.8. The van der Waals surface area contributed by atoms with Gasteiger partial charge in [-0.25, -0.2) is 0 Å². The molecule has 0 aromatic heterocycles. The van der Waals surface area contributed by atoms with Crippen LogP contribution in [0.2, 0.25) is 0 Å². The zero-order chi connectivity index (χ0) is 32.1. The normalized spacial score (nSPS) is 13.5. The van der Waals surface area contributed by atoms with E-state index in [1.54, 1.807) is 0 Å². The van der Waals surface area contributed by atoms with Gasteiger partial charge in [-0.1, -0.05) is 97.6 Å². The molecule has 0 radical (unpaired) electrons. The van der Waals surface area contributed by atoms with Crippen LogP contribution in [0.1, 0.15) is 53.5 Å². The summed E-state index contributed by atoms with van der Waals surface area (Å²) in [7, 11) is 0. The first-order valence-corrected chi connectivity index (χ1v) is 16.3. The number of aryl methyl sites for hydroxylation is 1. The number of benzene rings is 6. The van der Waals surface area contributed by atoms with Gasteiger partial charge in [0.1, 0.15) is 0 Å². The van der Waals surface area contributed by atoms with Crippen molar-refractivity contribution in [3.05, 3.63) is 137 Å². The van der Waals surface area contributed by atoms with E-state index in [0.29, 0.717) is 11.1 Å². The van der Waals surface area contributed by atoms with Crippen molar-refractivity contribution in [1.29, 1.82) is 0 Å². The van der Waals surface area contributed by atoms with Crippen LogP contribution in [0, 0.1) is 27.7 Å². The molecule has 0 atom stereocenters. The number of rotatable bonds is 5. The third-order valence-corrected chi connectivity index (χ3v) is 10.2. The minimum atomic E-state index is -0.0512. The van der Waals surface area contributed by atoms with Crippen LogP contribution >= 0.6 is 0 Å². The van der Waals surface area contributed by atoms with Crippen molar-refractivity contribution in [2.45, 2.75) is 53.4 Å². The Morgan fingerprint density at radius 3 is 1.76 bits per heavy atom. The number of fused-ring (bicyclic) bond motifs is 2. The summed E-state index contributed by atoms with van der Waals surface area (Å²) in [5.74, 6) is -0.0924. The number of phenolic OH excluding ortho intramolecular Hbond substituents is 2. The molecule has 0 amide bonds. The minimum absolute atomic E-state index is 0.0412. The van der Waals surface area contributed by atoms with Crippen molar-refractivity contribution in [1.82, 2.24) is 0 Å². The molecule has 228 valence electrons. The van der Waals surface area contributed by atoms with Gasteiger partial charge in [0.15, 0.2) is 11.5 Å². The zero-order valence-electron chi connectivity index (χ0n) is 27.2. The molecule has 0 fully saturated rings. The quantitative estimate of drug-likeness (QED) is 0.153. The monoisotopic (exact) mass is 600 g/mol. The summed E-state index contributed by atoms with van der Waals surface area (Å²) >= 11 is 0. The topological polar surface area (TPSA) is 40.5 Å². The summed E-state index contributed by atoms with van der Waals surface area (Å²) in [6.45, 7) is 12.2. The molecule has 6 aromatic carbocycles. The number of hydrogen-bond donors (Lipinski definition) is 2. The van der Waals surface area contributed by atoms with Crippen LogP contribution in [0.25, 0.3) is 60.5 Å². The Morgan fingerprint density at radius 2 is 1.11 bits per heavy atom. The third kappa shape index (κ3) is 4.63. The van der Waals surface area contributed by atoms with Crippen molar-refractivity contribution in [3.8, 4) is 44.9 Å². The molecule has 0 bridgehead atoms. The van der Waals surface area contributed by atoms with E-state index in [1.807, 2.05) is 20.8 Å². The van der Waals surface area contributed by atoms with Gasteiger partial charge < -0.3 is 10.2 Å². The first kappa shape index (κ1) is 29.6. The third-order valence-electron chi connectivity index (χ3n) is 10.2. The molecule has 0 saturated carbocycles. The highest BCUT2D eigenvalue weighted by atomic mass is 16.3. The van der Waals surface area contributed by atoms with Crippen molar-refractivity contribution < 1.29 is 10.2 Å². The van der Waals surface area contributed by atoms with Crippen molar-refractivity contribution in [2.75, 3.05) is 0 Å². The number of hydrogen-bond acceptors (Lipinski definition) is 2. The SMILES string of the molecule is C=CC1=C(c2c(C)cccc2-c2cccc(-c3c4ccccc4c(-c4c(C)c(C)c(O)c(O)c4C)c4ccccc34)c2)CCCC1. The molecule has 0 saturated heterocycles. The molecule has 0 spiro atoms. The Bertz CT molecular complexity index is 2140. The summed E-state index contributed by atoms with van der Waals surface area (Å²) in [5, 5.41) is 26.2. The van der Waals surface area contributed by atoms with E-state index in [2.05, 4.69) is 111 Å². The predicted octanol–water partition coefficient (Wildman–Crippen LogP) is 12.2. The molecule has 0 aliphatic heterocycles. The standard InChI is InChI=1S/C44H40O2/c1-6-30-16-7-8-19-33(30)39-26(2)15-13-24-34(39)31-17-14-18-32(25-31)41-35-20-9-11-22-37(35)42(38-23-12-10-21-36(38)41)40-27(3)28(4)43(45)44(46)29(40)5/h6,9-15,17-18,20-25,45-46H,1,7-8,16,19H2,2-5H3. The average molecular weight is 601 g/mol. The van der Waals surface area contributed by atoms with Gasteiger partial charge in [0, 0.05) is 5.56 Å². The van der Waals surface area contributed by atoms with Crippen LogP contribution in [0.15, 0.2) is 109 Å². The Balaban J connectivity index is 1.53. The molecule has 7 rings (SSSR count). The molecule has 46 heavy (non-hydrogen) atoms. The summed E-state index contributed by atoms with van der Waals surface area (Å²) in [6.07, 6.45) is 6.68. The van der Waals surface area contributed by atoms with E-state index in [1.165, 1.54) is 57.4 Å². The van der Waals surface area contributed by atoms with Gasteiger partial charge in [-0.2, -0.15) is 0 Å². The predicted molar refractivity (Wildman–Crippen MR) is 196 cm³/mol. The van der Waals surface area contributed by atoms with Crippen LogP contribution in [0.3, 0.4) is 0 Å². The molecule has 1 aliphatic rings. The Labute approximate surface area is 272 Å². The summed E-state index contributed by atoms with van der Waals surface area (Å²) in [4.78, 5) is 0. The minimum Gasteiger partial charge on any atom is -0.504 e. The van der Waals surface area contributed by atoms with E-state index < -0.39 is 0 Å². The fourth-order valence-corrected chi connectivity index (χ4v) is 7.79. The molecule has 2 nitrogen and oxygen atoms in total. The van der Waals surface area contributed by atoms with Crippen molar-refractivity contribution in [3.63, 3.8) is 0 Å². The van der Waals surface area contributed by atoms with E-state index in [-0.39, 0.29) is 11.5 Å². The van der Waals surface area contributed by atoms with Crippen molar-refractivity contribution >= 4 is 27.1 Å². The Kier molecular flexibility index (Phi) is 7.53. The highest BCUT2D eigenvalue weighted by molar-refractivity contribution is 6.22. The second-order valence-electron chi connectivity index (χ2n) is 12.8. The van der Waals surface area contributed by atoms with Gasteiger partial charge in [0.25, 0.3) is 0 Å². The summed E-state index contributed by atoms with van der Waals surface area (Å²) in [5.41, 5.74) is 14.7. The van der Waals surface area contributed by atoms with Gasteiger partial charge in [0.05, 0.1) is 0 Å². The van der Waals surface area contributed by atoms with Gasteiger partial charge in [-0.05, 0) is 148 Å². The fourth-order valence-electron chi connectivity index (χ4n) is 7.79. The van der Waals surface area contributed by atoms with Crippen LogP contribution in [-0.2, 0) is 0 Å². The van der Waals surface area contributed by atoms with Crippen LogP contribution in [-0.4, -0.2) is 10.2 Å². The maximum absolute atomic E-state index is 11.0. The lowest BCUT2D eigenvalue weighted by molar-refractivity contribution is 0.398. The first-order chi connectivity index (χ1) is 22.3. The second kappa shape index (κ2) is 11.7. The largest absolute Gasteiger partial charge is 0.504 e. The van der Waals surface area contributed by atoms with Crippen LogP contribution < -0.4 is 0 Å². The number of phenols is 2. The molecular formula is C44H40O2. The van der Waals surface area contributed by atoms with Crippen LogP contribution in [0.4, 0.5) is 0 Å². The van der Waals surface area contributed by atoms with Gasteiger partial charge >= 0.3 is 0 Å². The summed E-state index contributed by atoms with van der Waals surface area (Å²) < 4.78 is 0. The molecule has 2 N–H and O–H groups in total. The van der Waals surface area contributed by atoms with Crippen LogP contribution in [0.5, 0.6) is 11.5 Å². The van der Waals surface area contributed by atoms with E-state index in [0.717, 1.165) is 51.1 Å². The van der Waals surface area contributed by atoms with Crippen molar-refractivity contribution in [2.24, 2.45) is 0 Å². The average Bonchev–Trinajstić information content (AvgIpc) is 3.09. The smallest absolute Gasteiger partial charge is 0.161 e. The highest BCUT2D eigenvalue weighted by Crippen LogP contribution is 2.49. The van der Waals surface area contributed by atoms with E-state index >= 15 is 0 Å². The lowest BCUT2D eigenvalue weighted by Crippen LogP contribution is -2.02. The van der Waals surface area contributed by atoms with Gasteiger partial charge in [0.2, 0.25) is 0 Å². The van der Waals surface area contributed by atoms with Gasteiger partial charge in [-0.3, -0.25) is 0 Å². The molecule has 6 aromatic rings. The molecular weight excluding hydrogens is 560 g/mol. The van der Waals surface area contributed by atoms with Gasteiger partial charge in [-0.15, -0.1) is 0 Å². The molecule has 0 heterocycles. The molecule has 1 aliphatic carbocycles.